The van der Waals surface area contributed by atoms with Gasteiger partial charge in [0.25, 0.3) is 0 Å². The number of aryl methyl sites for hydroxylation is 3. The molecule has 0 radical (unpaired) electrons. The van der Waals surface area contributed by atoms with Crippen LogP contribution >= 0.6 is 0 Å². The number of halogens is 2. The summed E-state index contributed by atoms with van der Waals surface area (Å²) in [5, 5.41) is 10.4. The summed E-state index contributed by atoms with van der Waals surface area (Å²) in [6, 6.07) is 8.03. The van der Waals surface area contributed by atoms with Crippen molar-refractivity contribution in [2.24, 2.45) is 0 Å². The van der Waals surface area contributed by atoms with Crippen LogP contribution in [0.15, 0.2) is 30.3 Å². The SMILES string of the molecule is Cc1cc(C(O)c2ccc3c(c2)CCCC3)c(F)cc1F. The van der Waals surface area contributed by atoms with Crippen molar-refractivity contribution in [2.45, 2.75) is 38.7 Å². The predicted molar refractivity (Wildman–Crippen MR) is 78.2 cm³/mol. The summed E-state index contributed by atoms with van der Waals surface area (Å²) in [7, 11) is 0. The van der Waals surface area contributed by atoms with Crippen LogP contribution < -0.4 is 0 Å². The predicted octanol–water partition coefficient (Wildman–Crippen LogP) is 4.23. The molecule has 1 nitrogen and oxygen atoms in total. The number of aliphatic hydroxyl groups excluding tert-OH is 1. The molecule has 1 unspecified atom stereocenters. The summed E-state index contributed by atoms with van der Waals surface area (Å²) in [5.41, 5.74) is 3.68. The number of rotatable bonds is 2. The largest absolute Gasteiger partial charge is 0.384 e. The van der Waals surface area contributed by atoms with E-state index in [-0.39, 0.29) is 5.56 Å². The van der Waals surface area contributed by atoms with E-state index in [0.29, 0.717) is 11.1 Å². The summed E-state index contributed by atoms with van der Waals surface area (Å²) in [4.78, 5) is 0. The minimum atomic E-state index is -1.06. The van der Waals surface area contributed by atoms with Crippen LogP contribution in [0.5, 0.6) is 0 Å². The average Bonchev–Trinajstić information content (AvgIpc) is 2.50. The fourth-order valence-electron chi connectivity index (χ4n) is 2.99. The van der Waals surface area contributed by atoms with Crippen molar-refractivity contribution in [3.8, 4) is 0 Å². The van der Waals surface area contributed by atoms with Crippen molar-refractivity contribution < 1.29 is 13.9 Å². The highest BCUT2D eigenvalue weighted by molar-refractivity contribution is 5.39. The fourth-order valence-corrected chi connectivity index (χ4v) is 2.99. The van der Waals surface area contributed by atoms with Gasteiger partial charge in [0.2, 0.25) is 0 Å². The van der Waals surface area contributed by atoms with Crippen LogP contribution in [0.4, 0.5) is 8.78 Å². The van der Waals surface area contributed by atoms with Crippen molar-refractivity contribution in [3.63, 3.8) is 0 Å². The van der Waals surface area contributed by atoms with E-state index in [1.165, 1.54) is 23.6 Å². The van der Waals surface area contributed by atoms with Gasteiger partial charge < -0.3 is 5.11 Å². The fraction of sp³-hybridized carbons (Fsp3) is 0.333. The van der Waals surface area contributed by atoms with Crippen LogP contribution in [0, 0.1) is 18.6 Å². The number of benzene rings is 2. The molecular weight excluding hydrogens is 270 g/mol. The molecule has 2 aromatic rings. The lowest BCUT2D eigenvalue weighted by Crippen LogP contribution is -2.08. The van der Waals surface area contributed by atoms with Crippen LogP contribution in [-0.4, -0.2) is 5.11 Å². The van der Waals surface area contributed by atoms with Crippen LogP contribution in [0.25, 0.3) is 0 Å². The first-order chi connectivity index (χ1) is 10.1. The Morgan fingerprint density at radius 2 is 1.67 bits per heavy atom. The molecule has 0 bridgehead atoms. The molecule has 1 aliphatic rings. The highest BCUT2D eigenvalue weighted by atomic mass is 19.1. The van der Waals surface area contributed by atoms with Gasteiger partial charge in [-0.3, -0.25) is 0 Å². The summed E-state index contributed by atoms with van der Waals surface area (Å²) >= 11 is 0. The third-order valence-corrected chi connectivity index (χ3v) is 4.26. The van der Waals surface area contributed by atoms with E-state index in [1.807, 2.05) is 18.2 Å². The maximum Gasteiger partial charge on any atom is 0.132 e. The first-order valence-corrected chi connectivity index (χ1v) is 7.31. The first kappa shape index (κ1) is 14.2. The molecule has 0 amide bonds. The van der Waals surface area contributed by atoms with Gasteiger partial charge in [-0.15, -0.1) is 0 Å². The van der Waals surface area contributed by atoms with Gasteiger partial charge in [-0.2, -0.15) is 0 Å². The second kappa shape index (κ2) is 5.57. The monoisotopic (exact) mass is 288 g/mol. The van der Waals surface area contributed by atoms with Gasteiger partial charge in [0.1, 0.15) is 17.7 Å². The van der Waals surface area contributed by atoms with E-state index in [0.717, 1.165) is 25.3 Å². The Kier molecular flexibility index (Phi) is 3.77. The third-order valence-electron chi connectivity index (χ3n) is 4.26. The van der Waals surface area contributed by atoms with E-state index >= 15 is 0 Å². The van der Waals surface area contributed by atoms with Crippen LogP contribution in [0.1, 0.15) is 46.8 Å². The van der Waals surface area contributed by atoms with Crippen molar-refractivity contribution in [3.05, 3.63) is 69.8 Å². The van der Waals surface area contributed by atoms with E-state index in [2.05, 4.69) is 0 Å². The molecule has 3 heteroatoms. The molecule has 0 spiro atoms. The highest BCUT2D eigenvalue weighted by Crippen LogP contribution is 2.30. The zero-order valence-corrected chi connectivity index (χ0v) is 12.0. The molecule has 0 aliphatic heterocycles. The lowest BCUT2D eigenvalue weighted by atomic mass is 9.88. The first-order valence-electron chi connectivity index (χ1n) is 7.31. The number of hydrogen-bond acceptors (Lipinski definition) is 1. The molecule has 0 aromatic heterocycles. The number of fused-ring (bicyclic) bond motifs is 1. The minimum Gasteiger partial charge on any atom is -0.384 e. The van der Waals surface area contributed by atoms with Gasteiger partial charge in [-0.25, -0.2) is 8.78 Å². The topological polar surface area (TPSA) is 20.2 Å². The average molecular weight is 288 g/mol. The van der Waals surface area contributed by atoms with E-state index in [9.17, 15) is 13.9 Å². The lowest BCUT2D eigenvalue weighted by molar-refractivity contribution is 0.214. The Hall–Kier alpha value is -1.74. The third kappa shape index (κ3) is 2.70. The lowest BCUT2D eigenvalue weighted by Gasteiger charge is -2.19. The molecule has 1 N–H and O–H groups in total. The molecule has 21 heavy (non-hydrogen) atoms. The highest BCUT2D eigenvalue weighted by Gasteiger charge is 2.19. The Labute approximate surface area is 123 Å². The Balaban J connectivity index is 1.98. The van der Waals surface area contributed by atoms with Gasteiger partial charge in [0.05, 0.1) is 0 Å². The minimum absolute atomic E-state index is 0.129. The van der Waals surface area contributed by atoms with Gasteiger partial charge in [-0.05, 0) is 60.9 Å². The Morgan fingerprint density at radius 3 is 2.43 bits per heavy atom. The van der Waals surface area contributed by atoms with Crippen molar-refractivity contribution in [2.75, 3.05) is 0 Å². The van der Waals surface area contributed by atoms with Crippen molar-refractivity contribution in [1.82, 2.24) is 0 Å². The Morgan fingerprint density at radius 1 is 0.952 bits per heavy atom. The second-order valence-corrected chi connectivity index (χ2v) is 5.76. The molecular formula is C18H18F2O. The van der Waals surface area contributed by atoms with Crippen LogP contribution in [-0.2, 0) is 12.8 Å². The molecule has 0 heterocycles. The number of aliphatic hydroxyl groups is 1. The van der Waals surface area contributed by atoms with Crippen LogP contribution in [0.3, 0.4) is 0 Å². The normalized spacial score (nSPS) is 15.6. The van der Waals surface area contributed by atoms with Gasteiger partial charge in [0.15, 0.2) is 0 Å². The second-order valence-electron chi connectivity index (χ2n) is 5.76. The molecule has 1 atom stereocenters. The van der Waals surface area contributed by atoms with Gasteiger partial charge >= 0.3 is 0 Å². The zero-order chi connectivity index (χ0) is 15.0. The molecule has 0 saturated carbocycles. The molecule has 1 aliphatic carbocycles. The Bertz CT molecular complexity index is 679. The zero-order valence-electron chi connectivity index (χ0n) is 12.0. The quantitative estimate of drug-likeness (QED) is 0.876. The maximum atomic E-state index is 13.9. The smallest absolute Gasteiger partial charge is 0.132 e. The molecule has 0 fully saturated rings. The summed E-state index contributed by atoms with van der Waals surface area (Å²) in [6.45, 7) is 1.57. The van der Waals surface area contributed by atoms with Crippen molar-refractivity contribution >= 4 is 0 Å². The standard InChI is InChI=1S/C18H18F2O/c1-11-8-15(17(20)10-16(11)19)18(21)14-7-6-12-4-2-3-5-13(12)9-14/h6-10,18,21H,2-5H2,1H3. The number of hydrogen-bond donors (Lipinski definition) is 1. The van der Waals surface area contributed by atoms with Gasteiger partial charge in [0, 0.05) is 11.6 Å². The van der Waals surface area contributed by atoms with Crippen LogP contribution in [0.2, 0.25) is 0 Å². The molecule has 3 rings (SSSR count). The molecule has 2 aromatic carbocycles. The van der Waals surface area contributed by atoms with E-state index in [1.54, 1.807) is 6.92 Å². The summed E-state index contributed by atoms with van der Waals surface area (Å²) < 4.78 is 27.2. The summed E-state index contributed by atoms with van der Waals surface area (Å²) in [6.07, 6.45) is 3.35. The summed E-state index contributed by atoms with van der Waals surface area (Å²) in [5.74, 6) is -1.29. The van der Waals surface area contributed by atoms with E-state index < -0.39 is 17.7 Å². The maximum absolute atomic E-state index is 13.9. The molecule has 110 valence electrons. The van der Waals surface area contributed by atoms with E-state index in [4.69, 9.17) is 0 Å². The van der Waals surface area contributed by atoms with Gasteiger partial charge in [-0.1, -0.05) is 18.2 Å². The molecule has 0 saturated heterocycles. The van der Waals surface area contributed by atoms with Crippen molar-refractivity contribution in [1.29, 1.82) is 0 Å².